The van der Waals surface area contributed by atoms with Crippen LogP contribution in [0.5, 0.6) is 0 Å². The van der Waals surface area contributed by atoms with Crippen molar-refractivity contribution in [1.82, 2.24) is 10.3 Å². The third-order valence-corrected chi connectivity index (χ3v) is 6.16. The first kappa shape index (κ1) is 15.3. The smallest absolute Gasteiger partial charge is 0.0621 e. The molecule has 1 N–H and O–H groups in total. The van der Waals surface area contributed by atoms with E-state index in [1.54, 1.807) is 6.20 Å². The van der Waals surface area contributed by atoms with Crippen LogP contribution in [0.1, 0.15) is 50.5 Å². The third-order valence-electron chi connectivity index (χ3n) is 5.82. The molecule has 0 aromatic carbocycles. The Morgan fingerprint density at radius 3 is 2.81 bits per heavy atom. The number of hydrogen-bond acceptors (Lipinski definition) is 2. The summed E-state index contributed by atoms with van der Waals surface area (Å²) < 4.78 is 0. The summed E-state index contributed by atoms with van der Waals surface area (Å²) in [4.78, 5) is 4.09. The highest BCUT2D eigenvalue weighted by Crippen LogP contribution is 2.43. The zero-order chi connectivity index (χ0) is 14.7. The molecular formula is C18H27ClN2. The molecular weight excluding hydrogens is 280 g/mol. The minimum atomic E-state index is 0.549. The SMILES string of the molecule is CNC(Cc1ccncc1Cl)C1CCC2CCCCC2C1. The van der Waals surface area contributed by atoms with Crippen LogP contribution in [-0.2, 0) is 6.42 Å². The van der Waals surface area contributed by atoms with Gasteiger partial charge in [-0.3, -0.25) is 4.98 Å². The first-order valence-corrected chi connectivity index (χ1v) is 8.91. The number of nitrogens with zero attached hydrogens (tertiary/aromatic N) is 1. The maximum atomic E-state index is 6.28. The van der Waals surface area contributed by atoms with E-state index in [9.17, 15) is 0 Å². The third kappa shape index (κ3) is 3.60. The predicted octanol–water partition coefficient (Wildman–Crippen LogP) is 4.47. The number of pyridine rings is 1. The lowest BCUT2D eigenvalue weighted by molar-refractivity contribution is 0.111. The van der Waals surface area contributed by atoms with Crippen molar-refractivity contribution in [3.05, 3.63) is 29.0 Å². The van der Waals surface area contributed by atoms with Crippen LogP contribution in [0.25, 0.3) is 0 Å². The van der Waals surface area contributed by atoms with Gasteiger partial charge in [0, 0.05) is 18.4 Å². The van der Waals surface area contributed by atoms with Gasteiger partial charge in [0.05, 0.1) is 5.02 Å². The Kier molecular flexibility index (Phi) is 5.18. The lowest BCUT2D eigenvalue weighted by atomic mass is 9.65. The lowest BCUT2D eigenvalue weighted by Crippen LogP contribution is -2.40. The van der Waals surface area contributed by atoms with E-state index in [1.165, 1.54) is 50.5 Å². The number of halogens is 1. The largest absolute Gasteiger partial charge is 0.316 e. The van der Waals surface area contributed by atoms with E-state index in [4.69, 9.17) is 11.6 Å². The Morgan fingerprint density at radius 1 is 1.24 bits per heavy atom. The second kappa shape index (κ2) is 7.11. The van der Waals surface area contributed by atoms with Crippen LogP contribution in [0.2, 0.25) is 5.02 Å². The molecule has 0 bridgehead atoms. The molecule has 4 atom stereocenters. The molecule has 21 heavy (non-hydrogen) atoms. The molecule has 116 valence electrons. The summed E-state index contributed by atoms with van der Waals surface area (Å²) in [5.74, 6) is 2.82. The van der Waals surface area contributed by atoms with Gasteiger partial charge in [0.2, 0.25) is 0 Å². The fourth-order valence-electron chi connectivity index (χ4n) is 4.59. The Balaban J connectivity index is 1.65. The van der Waals surface area contributed by atoms with Crippen molar-refractivity contribution >= 4 is 11.6 Å². The van der Waals surface area contributed by atoms with Gasteiger partial charge in [-0.05, 0) is 62.1 Å². The molecule has 0 saturated heterocycles. The van der Waals surface area contributed by atoms with Crippen LogP contribution < -0.4 is 5.32 Å². The van der Waals surface area contributed by atoms with Gasteiger partial charge in [-0.2, -0.15) is 0 Å². The summed E-state index contributed by atoms with van der Waals surface area (Å²) in [6.45, 7) is 0. The molecule has 2 aliphatic carbocycles. The van der Waals surface area contributed by atoms with Crippen molar-refractivity contribution in [2.24, 2.45) is 17.8 Å². The number of likely N-dealkylation sites (N-methyl/N-ethyl adjacent to an activating group) is 1. The minimum Gasteiger partial charge on any atom is -0.316 e. The number of aromatic nitrogens is 1. The van der Waals surface area contributed by atoms with E-state index in [1.807, 2.05) is 6.20 Å². The maximum Gasteiger partial charge on any atom is 0.0621 e. The van der Waals surface area contributed by atoms with Gasteiger partial charge in [0.25, 0.3) is 0 Å². The van der Waals surface area contributed by atoms with E-state index in [0.29, 0.717) is 6.04 Å². The van der Waals surface area contributed by atoms with E-state index >= 15 is 0 Å². The molecule has 1 heterocycles. The summed E-state index contributed by atoms with van der Waals surface area (Å²) in [7, 11) is 2.10. The molecule has 1 aromatic rings. The zero-order valence-corrected chi connectivity index (χ0v) is 13.8. The molecule has 3 heteroatoms. The van der Waals surface area contributed by atoms with E-state index in [-0.39, 0.29) is 0 Å². The maximum absolute atomic E-state index is 6.28. The van der Waals surface area contributed by atoms with Crippen LogP contribution in [-0.4, -0.2) is 18.1 Å². The summed E-state index contributed by atoms with van der Waals surface area (Å²) in [6, 6.07) is 2.62. The first-order chi connectivity index (χ1) is 10.3. The van der Waals surface area contributed by atoms with Gasteiger partial charge in [-0.15, -0.1) is 0 Å². The van der Waals surface area contributed by atoms with Crippen LogP contribution >= 0.6 is 11.6 Å². The van der Waals surface area contributed by atoms with Crippen LogP contribution in [0.15, 0.2) is 18.5 Å². The van der Waals surface area contributed by atoms with Crippen molar-refractivity contribution in [1.29, 1.82) is 0 Å². The highest BCUT2D eigenvalue weighted by molar-refractivity contribution is 6.31. The van der Waals surface area contributed by atoms with Gasteiger partial charge in [0.15, 0.2) is 0 Å². The molecule has 4 unspecified atom stereocenters. The molecule has 0 radical (unpaired) electrons. The molecule has 2 fully saturated rings. The van der Waals surface area contributed by atoms with E-state index < -0.39 is 0 Å². The molecule has 0 aliphatic heterocycles. The summed E-state index contributed by atoms with van der Waals surface area (Å²) in [6.07, 6.45) is 14.8. The second-order valence-electron chi connectivity index (χ2n) is 6.94. The quantitative estimate of drug-likeness (QED) is 0.887. The number of rotatable bonds is 4. The number of fused-ring (bicyclic) bond motifs is 1. The molecule has 3 rings (SSSR count). The lowest BCUT2D eigenvalue weighted by Gasteiger charge is -2.42. The molecule has 2 saturated carbocycles. The summed E-state index contributed by atoms with van der Waals surface area (Å²) in [5.41, 5.74) is 1.23. The average molecular weight is 307 g/mol. The monoisotopic (exact) mass is 306 g/mol. The molecule has 0 spiro atoms. The van der Waals surface area contributed by atoms with Crippen molar-refractivity contribution in [3.63, 3.8) is 0 Å². The fraction of sp³-hybridized carbons (Fsp3) is 0.722. The standard InChI is InChI=1S/C18H27ClN2/c1-20-18(11-15-8-9-21-12-17(15)19)16-7-6-13-4-2-3-5-14(13)10-16/h8-9,12-14,16,18,20H,2-7,10-11H2,1H3. The van der Waals surface area contributed by atoms with Crippen molar-refractivity contribution in [3.8, 4) is 0 Å². The Bertz CT molecular complexity index is 462. The summed E-state index contributed by atoms with van der Waals surface area (Å²) >= 11 is 6.28. The van der Waals surface area contributed by atoms with Crippen molar-refractivity contribution in [2.75, 3.05) is 7.05 Å². The molecule has 2 aliphatic rings. The van der Waals surface area contributed by atoms with Crippen molar-refractivity contribution < 1.29 is 0 Å². The van der Waals surface area contributed by atoms with Crippen LogP contribution in [0, 0.1) is 17.8 Å². The Labute approximate surface area is 133 Å². The fourth-order valence-corrected chi connectivity index (χ4v) is 4.78. The second-order valence-corrected chi connectivity index (χ2v) is 7.35. The zero-order valence-electron chi connectivity index (χ0n) is 13.0. The van der Waals surface area contributed by atoms with Gasteiger partial charge in [0.1, 0.15) is 0 Å². The minimum absolute atomic E-state index is 0.549. The van der Waals surface area contributed by atoms with Gasteiger partial charge < -0.3 is 5.32 Å². The van der Waals surface area contributed by atoms with E-state index in [0.717, 1.165) is 29.2 Å². The van der Waals surface area contributed by atoms with Crippen LogP contribution in [0.3, 0.4) is 0 Å². The average Bonchev–Trinajstić information content (AvgIpc) is 2.54. The molecule has 1 aromatic heterocycles. The first-order valence-electron chi connectivity index (χ1n) is 8.53. The molecule has 0 amide bonds. The highest BCUT2D eigenvalue weighted by atomic mass is 35.5. The van der Waals surface area contributed by atoms with Crippen molar-refractivity contribution in [2.45, 2.75) is 57.4 Å². The van der Waals surface area contributed by atoms with Gasteiger partial charge >= 0.3 is 0 Å². The van der Waals surface area contributed by atoms with Gasteiger partial charge in [-0.1, -0.05) is 37.3 Å². The Morgan fingerprint density at radius 2 is 2.05 bits per heavy atom. The summed E-state index contributed by atoms with van der Waals surface area (Å²) in [5, 5.41) is 4.37. The van der Waals surface area contributed by atoms with Gasteiger partial charge in [-0.25, -0.2) is 0 Å². The number of nitrogens with one attached hydrogen (secondary N) is 1. The predicted molar refractivity (Wildman–Crippen MR) is 88.6 cm³/mol. The normalized spacial score (nSPS) is 30.7. The topological polar surface area (TPSA) is 24.9 Å². The highest BCUT2D eigenvalue weighted by Gasteiger charge is 2.35. The molecule has 2 nitrogen and oxygen atoms in total. The Hall–Kier alpha value is -0.600. The van der Waals surface area contributed by atoms with E-state index in [2.05, 4.69) is 23.4 Å². The van der Waals surface area contributed by atoms with Crippen LogP contribution in [0.4, 0.5) is 0 Å². The number of hydrogen-bond donors (Lipinski definition) is 1.